The van der Waals surface area contributed by atoms with E-state index in [0.717, 1.165) is 47.7 Å². The Balaban J connectivity index is 1.13. The summed E-state index contributed by atoms with van der Waals surface area (Å²) in [4.78, 5) is 51.9. The largest absolute Gasteiger partial charge is 0.514 e. The molecule has 0 amide bonds. The second-order valence-electron chi connectivity index (χ2n) is 20.2. The highest BCUT2D eigenvalue weighted by Gasteiger charge is 2.33. The number of hydrogen-bond acceptors (Lipinski definition) is 16. The van der Waals surface area contributed by atoms with Crippen molar-refractivity contribution in [3.05, 3.63) is 125 Å². The third kappa shape index (κ3) is 12.5. The fraction of sp³-hybridized carbons (Fsp3) is 0.357. The fourth-order valence-electron chi connectivity index (χ4n) is 8.57. The van der Waals surface area contributed by atoms with Crippen molar-refractivity contribution in [3.8, 4) is 61.8 Å². The van der Waals surface area contributed by atoms with Gasteiger partial charge >= 0.3 is 12.1 Å². The standard InChI is InChI=1S/C56H58ClFN6O9S/c1-33-40-18-20-44(48(33)57)69-39(29-64-25-23-63(8)24-26-64)31-67-38-17-19-42(68-30-37-21-22-59-50(62-37)41-11-9-10-12-43(41)71-54(66)73-56(5,6)7)35(27-38)28-45(53(65)72-55(2,3)4)70-51-47-46(40)49(74-52(47)61-32-60-51)34-13-15-36(58)16-14-34/h9-22,27,32,39,45H,23-26,28-31H2,1-8H3/t39-,45-/m1/s1. The lowest BCUT2D eigenvalue weighted by molar-refractivity contribution is -0.163. The molecule has 10 rings (SSSR count). The molecule has 1 saturated heterocycles. The van der Waals surface area contributed by atoms with E-state index in [1.165, 1.54) is 29.8 Å². The monoisotopic (exact) mass is 1040 g/mol. The van der Waals surface area contributed by atoms with Crippen molar-refractivity contribution in [3.63, 3.8) is 0 Å². The average Bonchev–Trinajstić information content (AvgIpc) is 3.75. The predicted molar refractivity (Wildman–Crippen MR) is 281 cm³/mol. The van der Waals surface area contributed by atoms with E-state index < -0.39 is 35.5 Å². The molecule has 0 unspecified atom stereocenters. The smallest absolute Gasteiger partial charge is 0.490 e. The summed E-state index contributed by atoms with van der Waals surface area (Å²) in [6.45, 7) is 16.8. The summed E-state index contributed by atoms with van der Waals surface area (Å²) in [5.41, 5.74) is 2.77. The Morgan fingerprint density at radius 1 is 0.851 bits per heavy atom. The van der Waals surface area contributed by atoms with Gasteiger partial charge in [-0.3, -0.25) is 4.90 Å². The van der Waals surface area contributed by atoms with Crippen LogP contribution < -0.4 is 23.7 Å². The maximum Gasteiger partial charge on any atom is 0.514 e. The molecule has 3 aliphatic rings. The van der Waals surface area contributed by atoms with Crippen molar-refractivity contribution in [2.45, 2.75) is 84.9 Å². The van der Waals surface area contributed by atoms with Gasteiger partial charge in [0.1, 0.15) is 70.5 Å². The van der Waals surface area contributed by atoms with E-state index in [0.29, 0.717) is 67.2 Å². The minimum Gasteiger partial charge on any atom is -0.490 e. The Morgan fingerprint density at radius 3 is 2.36 bits per heavy atom. The number of hydrogen-bond donors (Lipinski definition) is 0. The molecule has 0 spiro atoms. The van der Waals surface area contributed by atoms with Crippen LogP contribution in [0.1, 0.15) is 58.4 Å². The summed E-state index contributed by atoms with van der Waals surface area (Å²) >= 11 is 8.70. The maximum absolute atomic E-state index is 14.6. The van der Waals surface area contributed by atoms with Crippen LogP contribution in [-0.4, -0.2) is 112 Å². The first-order valence-electron chi connectivity index (χ1n) is 24.3. The molecule has 18 heteroatoms. The molecule has 7 aromatic rings. The van der Waals surface area contributed by atoms with Crippen LogP contribution in [0.25, 0.3) is 43.2 Å². The van der Waals surface area contributed by atoms with Crippen molar-refractivity contribution in [2.24, 2.45) is 0 Å². The summed E-state index contributed by atoms with van der Waals surface area (Å²) in [5.74, 6) is 0.999. The van der Waals surface area contributed by atoms with Gasteiger partial charge in [0.15, 0.2) is 5.82 Å². The number of halogens is 2. The maximum atomic E-state index is 14.6. The van der Waals surface area contributed by atoms with Crippen LogP contribution in [0.5, 0.6) is 28.9 Å². The number of carbonyl (C=O) groups is 2. The quantitative estimate of drug-likeness (QED) is 0.0993. The summed E-state index contributed by atoms with van der Waals surface area (Å²) in [6.07, 6.45) is 0.329. The van der Waals surface area contributed by atoms with Gasteiger partial charge < -0.3 is 38.1 Å². The highest BCUT2D eigenvalue weighted by Crippen LogP contribution is 2.50. The van der Waals surface area contributed by atoms with Crippen LogP contribution in [0.4, 0.5) is 9.18 Å². The molecule has 0 saturated carbocycles. The Labute approximate surface area is 438 Å². The van der Waals surface area contributed by atoms with Gasteiger partial charge in [-0.15, -0.1) is 11.3 Å². The number of rotatable bonds is 9. The second kappa shape index (κ2) is 21.9. The first kappa shape index (κ1) is 52.0. The number of piperazine rings is 1. The number of benzene rings is 4. The Bertz CT molecular complexity index is 3170. The number of ether oxygens (including phenoxy) is 7. The molecule has 386 valence electrons. The minimum atomic E-state index is -1.28. The molecule has 6 heterocycles. The van der Waals surface area contributed by atoms with Crippen molar-refractivity contribution in [1.29, 1.82) is 0 Å². The van der Waals surface area contributed by atoms with Gasteiger partial charge in [-0.05, 0) is 127 Å². The van der Waals surface area contributed by atoms with E-state index >= 15 is 0 Å². The number of esters is 1. The topological polar surface area (TPSA) is 157 Å². The highest BCUT2D eigenvalue weighted by atomic mass is 35.5. The molecule has 2 atom stereocenters. The van der Waals surface area contributed by atoms with E-state index in [2.05, 4.69) is 26.8 Å². The molecule has 3 aromatic heterocycles. The molecular formula is C56H58ClFN6O9S. The SMILES string of the molecule is Cc1c2ccc(c1Cl)O[C@H](CN1CCN(C)CC1)COc1ccc(OCc3ccnc(-c4ccccc4OC(=O)OC(C)(C)C)n3)c(c1)C[C@H](C(=O)OC(C)(C)C)Oc1ncnc3sc(-c4ccc(F)cc4)c-2c13. The predicted octanol–water partition coefficient (Wildman–Crippen LogP) is 11.2. The normalized spacial score (nSPS) is 16.6. The van der Waals surface area contributed by atoms with Gasteiger partial charge in [-0.25, -0.2) is 33.9 Å². The van der Waals surface area contributed by atoms with Gasteiger partial charge in [-0.2, -0.15) is 0 Å². The van der Waals surface area contributed by atoms with Crippen molar-refractivity contribution >= 4 is 45.3 Å². The molecule has 0 radical (unpaired) electrons. The number of fused-ring (bicyclic) bond motifs is 7. The van der Waals surface area contributed by atoms with Crippen LogP contribution in [0.15, 0.2) is 97.5 Å². The molecule has 0 aliphatic carbocycles. The lowest BCUT2D eigenvalue weighted by atomic mass is 9.96. The molecule has 3 aliphatic heterocycles. The minimum absolute atomic E-state index is 0.0228. The molecule has 4 aromatic carbocycles. The van der Waals surface area contributed by atoms with Gasteiger partial charge in [0.05, 0.1) is 21.7 Å². The van der Waals surface area contributed by atoms with E-state index in [4.69, 9.17) is 54.7 Å². The number of carbonyl (C=O) groups excluding carboxylic acids is 2. The summed E-state index contributed by atoms with van der Waals surface area (Å²) in [6, 6.07) is 24.1. The summed E-state index contributed by atoms with van der Waals surface area (Å²) < 4.78 is 58.3. The number of aromatic nitrogens is 4. The highest BCUT2D eigenvalue weighted by molar-refractivity contribution is 7.22. The first-order valence-corrected chi connectivity index (χ1v) is 25.5. The lowest BCUT2D eigenvalue weighted by Crippen LogP contribution is -2.49. The second-order valence-corrected chi connectivity index (χ2v) is 21.6. The third-order valence-corrected chi connectivity index (χ3v) is 13.7. The van der Waals surface area contributed by atoms with Gasteiger partial charge in [0.25, 0.3) is 0 Å². The summed E-state index contributed by atoms with van der Waals surface area (Å²) in [7, 11) is 2.11. The number of nitrogens with zero attached hydrogens (tertiary/aromatic N) is 6. The Morgan fingerprint density at radius 2 is 1.61 bits per heavy atom. The van der Waals surface area contributed by atoms with E-state index in [-0.39, 0.29) is 37.1 Å². The zero-order valence-corrected chi connectivity index (χ0v) is 44.1. The van der Waals surface area contributed by atoms with Gasteiger partial charge in [-0.1, -0.05) is 41.9 Å². The molecular weight excluding hydrogens is 987 g/mol. The fourth-order valence-corrected chi connectivity index (χ4v) is 9.93. The average molecular weight is 1050 g/mol. The first-order chi connectivity index (χ1) is 35.3. The van der Waals surface area contributed by atoms with Crippen molar-refractivity contribution in [2.75, 3.05) is 46.4 Å². The van der Waals surface area contributed by atoms with Crippen LogP contribution >= 0.6 is 22.9 Å². The zero-order chi connectivity index (χ0) is 52.3. The zero-order valence-electron chi connectivity index (χ0n) is 42.6. The lowest BCUT2D eigenvalue weighted by Gasteiger charge is -2.34. The molecule has 1 fully saturated rings. The van der Waals surface area contributed by atoms with Crippen molar-refractivity contribution < 1.29 is 47.1 Å². The molecule has 0 N–H and O–H groups in total. The Hall–Kier alpha value is -6.92. The number of thiophene rings is 1. The van der Waals surface area contributed by atoms with Gasteiger partial charge in [0, 0.05) is 61.3 Å². The molecule has 15 nitrogen and oxygen atoms in total. The Kier molecular flexibility index (Phi) is 15.4. The van der Waals surface area contributed by atoms with Crippen LogP contribution in [0.3, 0.4) is 0 Å². The van der Waals surface area contributed by atoms with Crippen LogP contribution in [0.2, 0.25) is 5.02 Å². The molecule has 4 bridgehead atoms. The van der Waals surface area contributed by atoms with E-state index in [1.54, 1.807) is 102 Å². The number of para-hydroxylation sites is 1. The van der Waals surface area contributed by atoms with Gasteiger partial charge in [0.2, 0.25) is 12.0 Å². The molecule has 74 heavy (non-hydrogen) atoms. The van der Waals surface area contributed by atoms with Crippen molar-refractivity contribution in [1.82, 2.24) is 29.7 Å². The summed E-state index contributed by atoms with van der Waals surface area (Å²) in [5, 5.41) is 0.935. The third-order valence-electron chi connectivity index (χ3n) is 12.1. The van der Waals surface area contributed by atoms with Crippen LogP contribution in [-0.2, 0) is 27.3 Å². The number of likely N-dealkylation sites (N-methyl/N-ethyl adjacent to an activating group) is 1. The van der Waals surface area contributed by atoms with Crippen LogP contribution in [0, 0.1) is 12.7 Å². The van der Waals surface area contributed by atoms with E-state index in [1.807, 2.05) is 25.1 Å². The van der Waals surface area contributed by atoms with E-state index in [9.17, 15) is 14.0 Å².